The van der Waals surface area contributed by atoms with Crippen LogP contribution in [0, 0.1) is 5.92 Å². The second-order valence-corrected chi connectivity index (χ2v) is 3.63. The number of rotatable bonds is 0. The highest BCUT2D eigenvalue weighted by Crippen LogP contribution is 2.33. The Morgan fingerprint density at radius 2 is 2.36 bits per heavy atom. The van der Waals surface area contributed by atoms with Crippen LogP contribution < -0.4 is 5.32 Å². The third-order valence-electron chi connectivity index (χ3n) is 2.76. The predicted octanol–water partition coefficient (Wildman–Crippen LogP) is 2.00. The summed E-state index contributed by atoms with van der Waals surface area (Å²) < 4.78 is 12.9. The first-order valence-corrected chi connectivity index (χ1v) is 4.37. The van der Waals surface area contributed by atoms with Crippen molar-refractivity contribution in [2.24, 2.45) is 5.92 Å². The molecule has 2 heteroatoms. The molecular weight excluding hydrogens is 141 g/mol. The Kier molecular flexibility index (Phi) is 1.63. The largest absolute Gasteiger partial charge is 0.388 e. The van der Waals surface area contributed by atoms with Crippen LogP contribution in [-0.4, -0.2) is 12.7 Å². The van der Waals surface area contributed by atoms with E-state index in [4.69, 9.17) is 0 Å². The van der Waals surface area contributed by atoms with Crippen molar-refractivity contribution in [1.29, 1.82) is 0 Å². The summed E-state index contributed by atoms with van der Waals surface area (Å²) in [5, 5.41) is 3.28. The van der Waals surface area contributed by atoms with Crippen molar-refractivity contribution < 1.29 is 4.39 Å². The van der Waals surface area contributed by atoms with E-state index < -0.39 is 6.17 Å². The van der Waals surface area contributed by atoms with Gasteiger partial charge in [-0.05, 0) is 24.3 Å². The van der Waals surface area contributed by atoms with Gasteiger partial charge in [0.05, 0.1) is 0 Å². The van der Waals surface area contributed by atoms with Crippen LogP contribution in [-0.2, 0) is 0 Å². The third-order valence-corrected chi connectivity index (χ3v) is 2.76. The molecule has 0 saturated heterocycles. The van der Waals surface area contributed by atoms with E-state index >= 15 is 0 Å². The van der Waals surface area contributed by atoms with Gasteiger partial charge in [-0.2, -0.15) is 0 Å². The second kappa shape index (κ2) is 2.50. The van der Waals surface area contributed by atoms with Gasteiger partial charge in [0.15, 0.2) is 0 Å². The molecule has 0 saturated carbocycles. The lowest BCUT2D eigenvalue weighted by atomic mass is 9.90. The van der Waals surface area contributed by atoms with Crippen molar-refractivity contribution >= 4 is 0 Å². The molecule has 0 aromatic carbocycles. The molecule has 1 aliphatic heterocycles. The molecule has 2 atom stereocenters. The molecule has 2 unspecified atom stereocenters. The van der Waals surface area contributed by atoms with Gasteiger partial charge < -0.3 is 5.32 Å². The summed E-state index contributed by atoms with van der Waals surface area (Å²) in [4.78, 5) is 0. The molecule has 0 amide bonds. The molecule has 0 bridgehead atoms. The van der Waals surface area contributed by atoms with E-state index in [-0.39, 0.29) is 0 Å². The van der Waals surface area contributed by atoms with Crippen LogP contribution in [0.1, 0.15) is 26.2 Å². The average molecular weight is 155 g/mol. The van der Waals surface area contributed by atoms with Gasteiger partial charge in [-0.15, -0.1) is 0 Å². The summed E-state index contributed by atoms with van der Waals surface area (Å²) in [7, 11) is 0. The van der Waals surface area contributed by atoms with Crippen molar-refractivity contribution in [3.63, 3.8) is 0 Å². The van der Waals surface area contributed by atoms with Crippen LogP contribution in [0.25, 0.3) is 0 Å². The summed E-state index contributed by atoms with van der Waals surface area (Å²) in [5.74, 6) is 0.650. The summed E-state index contributed by atoms with van der Waals surface area (Å²) >= 11 is 0. The Bertz CT molecular complexity index is 198. The van der Waals surface area contributed by atoms with Gasteiger partial charge >= 0.3 is 0 Å². The second-order valence-electron chi connectivity index (χ2n) is 3.63. The lowest BCUT2D eigenvalue weighted by Gasteiger charge is -2.18. The summed E-state index contributed by atoms with van der Waals surface area (Å²) in [6.07, 6.45) is 1.77. The molecule has 2 rings (SSSR count). The highest BCUT2D eigenvalue weighted by Gasteiger charge is 2.27. The van der Waals surface area contributed by atoms with Crippen LogP contribution in [0.4, 0.5) is 4.39 Å². The number of nitrogens with one attached hydrogen (secondary N) is 1. The first-order chi connectivity index (χ1) is 5.27. The monoisotopic (exact) mass is 155 g/mol. The van der Waals surface area contributed by atoms with Crippen LogP contribution in [0.15, 0.2) is 11.3 Å². The Labute approximate surface area is 66.7 Å². The van der Waals surface area contributed by atoms with Gasteiger partial charge in [0.25, 0.3) is 0 Å². The van der Waals surface area contributed by atoms with Gasteiger partial charge in [-0.1, -0.05) is 6.92 Å². The van der Waals surface area contributed by atoms with Gasteiger partial charge in [0.1, 0.15) is 6.17 Å². The Balaban J connectivity index is 2.17. The van der Waals surface area contributed by atoms with Gasteiger partial charge in [-0.25, -0.2) is 4.39 Å². The number of alkyl halides is 1. The van der Waals surface area contributed by atoms with E-state index in [9.17, 15) is 4.39 Å². The van der Waals surface area contributed by atoms with Crippen LogP contribution in [0.2, 0.25) is 0 Å². The molecule has 0 aromatic rings. The van der Waals surface area contributed by atoms with E-state index in [0.717, 1.165) is 19.4 Å². The van der Waals surface area contributed by atoms with E-state index in [0.29, 0.717) is 12.3 Å². The third kappa shape index (κ3) is 1.15. The molecule has 62 valence electrons. The van der Waals surface area contributed by atoms with Crippen molar-refractivity contribution in [1.82, 2.24) is 5.32 Å². The Morgan fingerprint density at radius 1 is 1.55 bits per heavy atom. The highest BCUT2D eigenvalue weighted by atomic mass is 19.1. The van der Waals surface area contributed by atoms with E-state index in [2.05, 4.69) is 12.2 Å². The smallest absolute Gasteiger partial charge is 0.106 e. The lowest BCUT2D eigenvalue weighted by molar-refractivity contribution is 0.297. The van der Waals surface area contributed by atoms with Gasteiger partial charge in [0.2, 0.25) is 0 Å². The van der Waals surface area contributed by atoms with E-state index in [1.165, 1.54) is 11.3 Å². The molecule has 2 aliphatic rings. The maximum absolute atomic E-state index is 12.9. The maximum atomic E-state index is 12.9. The summed E-state index contributed by atoms with van der Waals surface area (Å²) in [6, 6.07) is 0. The fourth-order valence-electron chi connectivity index (χ4n) is 2.05. The summed E-state index contributed by atoms with van der Waals surface area (Å²) in [5.41, 5.74) is 2.69. The van der Waals surface area contributed by atoms with Gasteiger partial charge in [0, 0.05) is 18.7 Å². The maximum Gasteiger partial charge on any atom is 0.106 e. The first-order valence-electron chi connectivity index (χ1n) is 4.37. The fourth-order valence-corrected chi connectivity index (χ4v) is 2.05. The summed E-state index contributed by atoms with van der Waals surface area (Å²) in [6.45, 7) is 3.24. The topological polar surface area (TPSA) is 12.0 Å². The molecule has 1 aliphatic carbocycles. The SMILES string of the molecule is CC1CNC2=C1CCC(F)C2. The number of halogens is 1. The lowest BCUT2D eigenvalue weighted by Crippen LogP contribution is -2.15. The Hall–Kier alpha value is -0.530. The van der Waals surface area contributed by atoms with E-state index in [1.54, 1.807) is 0 Å². The molecular formula is C9H14FN. The number of hydrogen-bond donors (Lipinski definition) is 1. The molecule has 0 spiro atoms. The van der Waals surface area contributed by atoms with Crippen LogP contribution in [0.5, 0.6) is 0 Å². The van der Waals surface area contributed by atoms with Crippen LogP contribution in [0.3, 0.4) is 0 Å². The zero-order valence-corrected chi connectivity index (χ0v) is 6.86. The first kappa shape index (κ1) is 7.14. The molecule has 1 nitrogen and oxygen atoms in total. The van der Waals surface area contributed by atoms with E-state index in [1.807, 2.05) is 0 Å². The molecule has 1 heterocycles. The normalized spacial score (nSPS) is 36.9. The fraction of sp³-hybridized carbons (Fsp3) is 0.778. The zero-order valence-electron chi connectivity index (χ0n) is 6.86. The van der Waals surface area contributed by atoms with Crippen LogP contribution >= 0.6 is 0 Å². The standard InChI is InChI=1S/C9H14FN/c1-6-5-11-9-4-7(10)2-3-8(6)9/h6-7,11H,2-5H2,1H3. The predicted molar refractivity (Wildman–Crippen MR) is 42.9 cm³/mol. The molecule has 0 fully saturated rings. The average Bonchev–Trinajstić information content (AvgIpc) is 2.32. The van der Waals surface area contributed by atoms with Gasteiger partial charge in [-0.3, -0.25) is 0 Å². The molecule has 11 heavy (non-hydrogen) atoms. The zero-order chi connectivity index (χ0) is 7.84. The minimum Gasteiger partial charge on any atom is -0.388 e. The highest BCUT2D eigenvalue weighted by molar-refractivity contribution is 5.24. The van der Waals surface area contributed by atoms with Crippen molar-refractivity contribution in [3.05, 3.63) is 11.3 Å². The number of hydrogen-bond acceptors (Lipinski definition) is 1. The number of allylic oxidation sites excluding steroid dienone is 1. The molecule has 0 aromatic heterocycles. The minimum atomic E-state index is -0.591. The van der Waals surface area contributed by atoms with Crippen molar-refractivity contribution in [3.8, 4) is 0 Å². The quantitative estimate of drug-likeness (QED) is 0.564. The Morgan fingerprint density at radius 3 is 3.18 bits per heavy atom. The molecule has 1 N–H and O–H groups in total. The van der Waals surface area contributed by atoms with Crippen molar-refractivity contribution in [2.75, 3.05) is 6.54 Å². The minimum absolute atomic E-state index is 0.591. The molecule has 0 radical (unpaired) electrons. The van der Waals surface area contributed by atoms with Crippen molar-refractivity contribution in [2.45, 2.75) is 32.4 Å².